The minimum atomic E-state index is -0.884. The van der Waals surface area contributed by atoms with Crippen molar-refractivity contribution in [1.29, 1.82) is 0 Å². The number of hydrogen-bond acceptors (Lipinski definition) is 3. The van der Waals surface area contributed by atoms with Gasteiger partial charge in [-0.25, -0.2) is 13.8 Å². The third-order valence-corrected chi connectivity index (χ3v) is 4.73. The van der Waals surface area contributed by atoms with Crippen molar-refractivity contribution in [3.8, 4) is 11.6 Å². The quantitative estimate of drug-likeness (QED) is 0.629. The van der Waals surface area contributed by atoms with Crippen LogP contribution in [0.5, 0.6) is 5.88 Å². The van der Waals surface area contributed by atoms with Gasteiger partial charge in [-0.2, -0.15) is 0 Å². The Hall–Kier alpha value is -3.19. The summed E-state index contributed by atoms with van der Waals surface area (Å²) in [5, 5.41) is 12.7. The number of aromatic hydroxyl groups is 1. The molecule has 1 aromatic heterocycles. The molecule has 7 heteroatoms. The van der Waals surface area contributed by atoms with E-state index in [2.05, 4.69) is 4.98 Å². The molecule has 26 heavy (non-hydrogen) atoms. The van der Waals surface area contributed by atoms with Gasteiger partial charge >= 0.3 is 5.69 Å². The molecule has 1 atom stereocenters. The Morgan fingerprint density at radius 2 is 1.85 bits per heavy atom. The van der Waals surface area contributed by atoms with Gasteiger partial charge in [0.1, 0.15) is 17.4 Å². The van der Waals surface area contributed by atoms with Crippen LogP contribution in [0.2, 0.25) is 0 Å². The Morgan fingerprint density at radius 3 is 2.65 bits per heavy atom. The van der Waals surface area contributed by atoms with Gasteiger partial charge in [-0.1, -0.05) is 36.4 Å². The lowest BCUT2D eigenvalue weighted by Crippen LogP contribution is -2.87. The fourth-order valence-electron chi connectivity index (χ4n) is 3.55. The largest absolute Gasteiger partial charge is 0.494 e. The van der Waals surface area contributed by atoms with Crippen LogP contribution in [0.1, 0.15) is 22.7 Å². The number of para-hydroxylation sites is 1. The topological polar surface area (TPSA) is 91.7 Å². The van der Waals surface area contributed by atoms with E-state index in [9.17, 15) is 19.1 Å². The van der Waals surface area contributed by atoms with E-state index in [1.807, 2.05) is 29.6 Å². The lowest BCUT2D eigenvalue weighted by molar-refractivity contribution is -0.690. The highest BCUT2D eigenvalue weighted by Gasteiger charge is 2.32. The van der Waals surface area contributed by atoms with Crippen molar-refractivity contribution in [2.24, 2.45) is 0 Å². The maximum Gasteiger partial charge on any atom is 0.335 e. The predicted molar refractivity (Wildman–Crippen MR) is 93.1 cm³/mol. The van der Waals surface area contributed by atoms with Gasteiger partial charge in [0, 0.05) is 12.0 Å². The molecule has 0 radical (unpaired) electrons. The molecule has 1 aliphatic rings. The van der Waals surface area contributed by atoms with E-state index in [1.165, 1.54) is 18.2 Å². The van der Waals surface area contributed by atoms with Crippen molar-refractivity contribution in [2.45, 2.75) is 12.5 Å². The number of nitrogens with one attached hydrogen (secondary N) is 1. The molecule has 0 amide bonds. The normalized spacial score (nSPS) is 16.3. The van der Waals surface area contributed by atoms with Crippen LogP contribution in [0.4, 0.5) is 4.39 Å². The average molecular weight is 354 g/mol. The third-order valence-electron chi connectivity index (χ3n) is 4.73. The Labute approximate surface area is 147 Å². The van der Waals surface area contributed by atoms with Crippen LogP contribution in [0.3, 0.4) is 0 Å². The van der Waals surface area contributed by atoms with Gasteiger partial charge in [0.2, 0.25) is 5.88 Å². The number of halogens is 1. The highest BCUT2D eigenvalue weighted by Crippen LogP contribution is 2.28. The van der Waals surface area contributed by atoms with Crippen LogP contribution >= 0.6 is 0 Å². The van der Waals surface area contributed by atoms with Gasteiger partial charge in [0.25, 0.3) is 5.56 Å². The number of nitrogens with two attached hydrogens (primary N) is 1. The van der Waals surface area contributed by atoms with Crippen LogP contribution in [-0.4, -0.2) is 21.2 Å². The van der Waals surface area contributed by atoms with Crippen molar-refractivity contribution in [3.05, 3.63) is 91.9 Å². The number of rotatable bonds is 2. The molecule has 132 valence electrons. The standard InChI is InChI=1S/C19H16FN3O3/c20-13-7-3-4-8-14(13)23-18(25)15(17(24)22-19(23)26)16-12-6-2-1-5-11(12)9-10-21-16/h1-8,16,21,25H,9-10H2,(H,22,24,26)/p+1/t16-/m0/s1. The Balaban J connectivity index is 1.98. The summed E-state index contributed by atoms with van der Waals surface area (Å²) in [7, 11) is 0. The highest BCUT2D eigenvalue weighted by atomic mass is 19.1. The van der Waals surface area contributed by atoms with Crippen LogP contribution in [0.25, 0.3) is 5.69 Å². The van der Waals surface area contributed by atoms with E-state index in [0.717, 1.165) is 28.7 Å². The van der Waals surface area contributed by atoms with E-state index in [0.29, 0.717) is 0 Å². The van der Waals surface area contributed by atoms with Gasteiger partial charge in [-0.3, -0.25) is 9.78 Å². The second-order valence-corrected chi connectivity index (χ2v) is 6.23. The second-order valence-electron chi connectivity index (χ2n) is 6.23. The molecule has 4 rings (SSSR count). The summed E-state index contributed by atoms with van der Waals surface area (Å²) < 4.78 is 15.0. The first-order valence-corrected chi connectivity index (χ1v) is 8.32. The van der Waals surface area contributed by atoms with Crippen LogP contribution in [-0.2, 0) is 6.42 Å². The summed E-state index contributed by atoms with van der Waals surface area (Å²) in [6, 6.07) is 12.8. The van der Waals surface area contributed by atoms with E-state index in [1.54, 1.807) is 6.07 Å². The van der Waals surface area contributed by atoms with Crippen molar-refractivity contribution in [2.75, 3.05) is 6.54 Å². The molecular formula is C19H17FN3O3+. The molecule has 0 aliphatic carbocycles. The molecule has 6 nitrogen and oxygen atoms in total. The summed E-state index contributed by atoms with van der Waals surface area (Å²) in [5.74, 6) is -1.21. The fraction of sp³-hybridized carbons (Fsp3) is 0.158. The second kappa shape index (κ2) is 6.27. The Morgan fingerprint density at radius 1 is 1.12 bits per heavy atom. The van der Waals surface area contributed by atoms with Crippen molar-refractivity contribution < 1.29 is 14.8 Å². The van der Waals surface area contributed by atoms with E-state index >= 15 is 0 Å². The highest BCUT2D eigenvalue weighted by molar-refractivity contribution is 5.44. The van der Waals surface area contributed by atoms with Gasteiger partial charge < -0.3 is 10.4 Å². The number of hydrogen-bond donors (Lipinski definition) is 3. The summed E-state index contributed by atoms with van der Waals surface area (Å²) in [6.45, 7) is 0.736. The monoisotopic (exact) mass is 354 g/mol. The predicted octanol–water partition coefficient (Wildman–Crippen LogP) is 0.579. The first-order valence-electron chi connectivity index (χ1n) is 8.32. The van der Waals surface area contributed by atoms with Crippen LogP contribution in [0, 0.1) is 5.82 Å². The number of fused-ring (bicyclic) bond motifs is 1. The van der Waals surface area contributed by atoms with E-state index < -0.39 is 29.0 Å². The lowest BCUT2D eigenvalue weighted by Gasteiger charge is -2.24. The fourth-order valence-corrected chi connectivity index (χ4v) is 3.55. The lowest BCUT2D eigenvalue weighted by atomic mass is 9.90. The first kappa shape index (κ1) is 16.3. The molecule has 2 aromatic carbocycles. The number of aromatic amines is 1. The summed E-state index contributed by atoms with van der Waals surface area (Å²) in [6.07, 6.45) is 0.846. The van der Waals surface area contributed by atoms with Gasteiger partial charge in [0.15, 0.2) is 0 Å². The third kappa shape index (κ3) is 2.53. The zero-order valence-corrected chi connectivity index (χ0v) is 13.8. The SMILES string of the molecule is O=c1[nH]c(=O)n(-c2ccccc2F)c(O)c1[C@H]1[NH2+]CCc2ccccc21. The zero-order chi connectivity index (χ0) is 18.3. The number of benzene rings is 2. The molecule has 0 spiro atoms. The maximum atomic E-state index is 14.2. The van der Waals surface area contributed by atoms with Gasteiger partial charge in [-0.05, 0) is 17.7 Å². The molecule has 4 N–H and O–H groups in total. The smallest absolute Gasteiger partial charge is 0.335 e. The average Bonchev–Trinajstić information content (AvgIpc) is 2.63. The molecule has 0 saturated heterocycles. The molecule has 0 saturated carbocycles. The van der Waals surface area contributed by atoms with Crippen LogP contribution < -0.4 is 16.6 Å². The molecule has 0 unspecified atom stereocenters. The first-order chi connectivity index (χ1) is 12.6. The number of quaternary nitrogens is 1. The van der Waals surface area contributed by atoms with Crippen LogP contribution in [0.15, 0.2) is 58.1 Å². The molecule has 3 aromatic rings. The summed E-state index contributed by atoms with van der Waals surface area (Å²) in [5.41, 5.74) is 0.362. The van der Waals surface area contributed by atoms with Gasteiger partial charge in [0.05, 0.1) is 12.2 Å². The molecule has 2 heterocycles. The molecule has 1 aliphatic heterocycles. The number of aromatic nitrogens is 2. The van der Waals surface area contributed by atoms with Crippen molar-refractivity contribution in [1.82, 2.24) is 9.55 Å². The summed E-state index contributed by atoms with van der Waals surface area (Å²) >= 11 is 0. The minimum absolute atomic E-state index is 0.0417. The summed E-state index contributed by atoms with van der Waals surface area (Å²) in [4.78, 5) is 27.0. The zero-order valence-electron chi connectivity index (χ0n) is 13.8. The number of nitrogens with zero attached hydrogens (tertiary/aromatic N) is 1. The molecular weight excluding hydrogens is 337 g/mol. The number of H-pyrrole nitrogens is 1. The van der Waals surface area contributed by atoms with E-state index in [-0.39, 0.29) is 11.3 Å². The Bertz CT molecular complexity index is 1100. The van der Waals surface area contributed by atoms with E-state index in [4.69, 9.17) is 0 Å². The molecule has 0 bridgehead atoms. The van der Waals surface area contributed by atoms with Gasteiger partial charge in [-0.15, -0.1) is 0 Å². The Kier molecular flexibility index (Phi) is 3.93. The van der Waals surface area contributed by atoms with Crippen molar-refractivity contribution >= 4 is 0 Å². The molecule has 0 fully saturated rings. The van der Waals surface area contributed by atoms with Crippen molar-refractivity contribution in [3.63, 3.8) is 0 Å². The minimum Gasteiger partial charge on any atom is -0.494 e. The maximum absolute atomic E-state index is 14.2.